The average Bonchev–Trinajstić information content (AvgIpc) is 3.46. The number of H-pyrrole nitrogens is 1. The Bertz CT molecular complexity index is 1130. The van der Waals surface area contributed by atoms with Crippen molar-refractivity contribution in [2.24, 2.45) is 0 Å². The molecule has 3 heterocycles. The maximum Gasteiger partial charge on any atom is 0.329 e. The molecule has 1 aromatic carbocycles. The Hall–Kier alpha value is -3.46. The molecule has 1 atom stereocenters. The van der Waals surface area contributed by atoms with Gasteiger partial charge in [0, 0.05) is 35.8 Å². The van der Waals surface area contributed by atoms with Gasteiger partial charge in [-0.15, -0.1) is 0 Å². The number of rotatable bonds is 7. The molecule has 8 nitrogen and oxygen atoms in total. The number of hydrogen-bond donors (Lipinski definition) is 2. The number of esters is 1. The van der Waals surface area contributed by atoms with E-state index in [1.54, 1.807) is 0 Å². The van der Waals surface area contributed by atoms with Crippen molar-refractivity contribution < 1.29 is 18.8 Å². The SMILES string of the molecule is CC(=O)N[C@@H](Cc1c[nH]c2ccccc12)C(=O)OCc1noc(-c2ccsc2)n1. The van der Waals surface area contributed by atoms with E-state index in [0.29, 0.717) is 12.3 Å². The Morgan fingerprint density at radius 2 is 2.17 bits per heavy atom. The summed E-state index contributed by atoms with van der Waals surface area (Å²) in [7, 11) is 0. The van der Waals surface area contributed by atoms with E-state index < -0.39 is 12.0 Å². The summed E-state index contributed by atoms with van der Waals surface area (Å²) in [4.78, 5) is 31.6. The minimum Gasteiger partial charge on any atom is -0.456 e. The van der Waals surface area contributed by atoms with Crippen molar-refractivity contribution in [1.82, 2.24) is 20.4 Å². The topological polar surface area (TPSA) is 110 Å². The van der Waals surface area contributed by atoms with Crippen LogP contribution in [0.15, 0.2) is 51.8 Å². The van der Waals surface area contributed by atoms with E-state index in [1.165, 1.54) is 18.3 Å². The van der Waals surface area contributed by atoms with Crippen molar-refractivity contribution in [2.45, 2.75) is 26.0 Å². The molecule has 0 fully saturated rings. The van der Waals surface area contributed by atoms with Gasteiger partial charge in [0.05, 0.1) is 5.56 Å². The van der Waals surface area contributed by atoms with Crippen LogP contribution in [0.2, 0.25) is 0 Å². The third-order valence-electron chi connectivity index (χ3n) is 4.34. The highest BCUT2D eigenvalue weighted by Gasteiger charge is 2.24. The number of carbonyl (C=O) groups is 2. The third kappa shape index (κ3) is 4.35. The van der Waals surface area contributed by atoms with Gasteiger partial charge in [-0.2, -0.15) is 16.3 Å². The molecular weight excluding hydrogens is 392 g/mol. The predicted octanol–water partition coefficient (Wildman–Crippen LogP) is 3.07. The van der Waals surface area contributed by atoms with E-state index in [0.717, 1.165) is 22.0 Å². The van der Waals surface area contributed by atoms with Gasteiger partial charge in [0.1, 0.15) is 6.04 Å². The van der Waals surface area contributed by atoms with E-state index in [4.69, 9.17) is 9.26 Å². The van der Waals surface area contributed by atoms with E-state index in [9.17, 15) is 9.59 Å². The van der Waals surface area contributed by atoms with E-state index >= 15 is 0 Å². The largest absolute Gasteiger partial charge is 0.456 e. The Morgan fingerprint density at radius 3 is 2.97 bits per heavy atom. The minimum atomic E-state index is -0.824. The zero-order chi connectivity index (χ0) is 20.2. The van der Waals surface area contributed by atoms with Crippen LogP contribution >= 0.6 is 11.3 Å². The first-order valence-electron chi connectivity index (χ1n) is 8.94. The minimum absolute atomic E-state index is 0.142. The molecule has 0 saturated carbocycles. The maximum atomic E-state index is 12.6. The summed E-state index contributed by atoms with van der Waals surface area (Å²) in [5.41, 5.74) is 2.69. The van der Waals surface area contributed by atoms with Gasteiger partial charge in [0.15, 0.2) is 6.61 Å². The number of nitrogens with one attached hydrogen (secondary N) is 2. The fourth-order valence-electron chi connectivity index (χ4n) is 3.01. The van der Waals surface area contributed by atoms with Crippen LogP contribution in [0.1, 0.15) is 18.3 Å². The van der Waals surface area contributed by atoms with E-state index in [1.807, 2.05) is 47.3 Å². The first-order valence-corrected chi connectivity index (χ1v) is 9.88. The number of nitrogens with zero attached hydrogens (tertiary/aromatic N) is 2. The van der Waals surface area contributed by atoms with Crippen LogP contribution in [0.3, 0.4) is 0 Å². The summed E-state index contributed by atoms with van der Waals surface area (Å²) in [6, 6.07) is 8.80. The highest BCUT2D eigenvalue weighted by atomic mass is 32.1. The molecule has 29 heavy (non-hydrogen) atoms. The molecule has 1 amide bonds. The van der Waals surface area contributed by atoms with Crippen LogP contribution in [-0.2, 0) is 27.4 Å². The van der Waals surface area contributed by atoms with Crippen molar-refractivity contribution in [2.75, 3.05) is 0 Å². The number of amides is 1. The molecule has 2 N–H and O–H groups in total. The smallest absolute Gasteiger partial charge is 0.329 e. The Labute approximate surface area is 169 Å². The molecule has 4 rings (SSSR count). The molecule has 148 valence electrons. The Kier molecular flexibility index (Phi) is 5.39. The third-order valence-corrected chi connectivity index (χ3v) is 5.02. The predicted molar refractivity (Wildman–Crippen MR) is 107 cm³/mol. The van der Waals surface area contributed by atoms with Gasteiger partial charge < -0.3 is 19.6 Å². The summed E-state index contributed by atoms with van der Waals surface area (Å²) in [6.07, 6.45) is 2.13. The standard InChI is InChI=1S/C20H18N4O4S/c1-12(25)22-17(8-14-9-21-16-5-3-2-4-15(14)16)20(26)27-10-18-23-19(28-24-18)13-6-7-29-11-13/h2-7,9,11,17,21H,8,10H2,1H3,(H,22,25)/t17-/m0/s1. The normalized spacial score (nSPS) is 12.0. The van der Waals surface area contributed by atoms with Crippen LogP contribution in [0.5, 0.6) is 0 Å². The fourth-order valence-corrected chi connectivity index (χ4v) is 3.64. The van der Waals surface area contributed by atoms with Crippen molar-refractivity contribution in [3.63, 3.8) is 0 Å². The molecule has 4 aromatic rings. The molecule has 0 unspecified atom stereocenters. The summed E-state index contributed by atoms with van der Waals surface area (Å²) >= 11 is 1.52. The number of thiophene rings is 1. The first-order chi connectivity index (χ1) is 14.1. The van der Waals surface area contributed by atoms with E-state index in [2.05, 4.69) is 20.4 Å². The van der Waals surface area contributed by atoms with Gasteiger partial charge in [-0.05, 0) is 23.1 Å². The number of ether oxygens (including phenoxy) is 1. The summed E-state index contributed by atoms with van der Waals surface area (Å²) in [6.45, 7) is 1.22. The maximum absolute atomic E-state index is 12.6. The van der Waals surface area contributed by atoms with Gasteiger partial charge in [-0.3, -0.25) is 4.79 Å². The average molecular weight is 410 g/mol. The second-order valence-electron chi connectivity index (χ2n) is 6.45. The number of fused-ring (bicyclic) bond motifs is 1. The van der Waals surface area contributed by atoms with Crippen LogP contribution in [0, 0.1) is 0 Å². The van der Waals surface area contributed by atoms with Crippen LogP contribution < -0.4 is 5.32 Å². The number of aromatic amines is 1. The van der Waals surface area contributed by atoms with Crippen molar-refractivity contribution in [1.29, 1.82) is 0 Å². The second-order valence-corrected chi connectivity index (χ2v) is 7.23. The van der Waals surface area contributed by atoms with Gasteiger partial charge >= 0.3 is 5.97 Å². The van der Waals surface area contributed by atoms with Gasteiger partial charge in [-0.25, -0.2) is 4.79 Å². The summed E-state index contributed by atoms with van der Waals surface area (Å²) in [5, 5.41) is 11.3. The molecular formula is C20H18N4O4S. The van der Waals surface area contributed by atoms with Crippen molar-refractivity contribution in [3.05, 3.63) is 58.7 Å². The van der Waals surface area contributed by atoms with Crippen LogP contribution in [0.25, 0.3) is 22.4 Å². The molecule has 3 aromatic heterocycles. The van der Waals surface area contributed by atoms with Gasteiger partial charge in [0.25, 0.3) is 5.89 Å². The lowest BCUT2D eigenvalue weighted by Crippen LogP contribution is -2.42. The van der Waals surface area contributed by atoms with Crippen molar-refractivity contribution in [3.8, 4) is 11.5 Å². The molecule has 0 aliphatic carbocycles. The Balaban J connectivity index is 1.44. The Morgan fingerprint density at radius 1 is 1.31 bits per heavy atom. The monoisotopic (exact) mass is 410 g/mol. The molecule has 0 saturated heterocycles. The van der Waals surface area contributed by atoms with E-state index in [-0.39, 0.29) is 18.3 Å². The summed E-state index contributed by atoms with van der Waals surface area (Å²) < 4.78 is 10.5. The number of benzene rings is 1. The zero-order valence-corrected chi connectivity index (χ0v) is 16.4. The first kappa shape index (κ1) is 18.9. The lowest BCUT2D eigenvalue weighted by atomic mass is 10.0. The quantitative estimate of drug-likeness (QED) is 0.453. The molecule has 0 aliphatic heterocycles. The highest BCUT2D eigenvalue weighted by molar-refractivity contribution is 7.08. The lowest BCUT2D eigenvalue weighted by Gasteiger charge is -2.16. The van der Waals surface area contributed by atoms with Gasteiger partial charge in [0.2, 0.25) is 11.7 Å². The number of para-hydroxylation sites is 1. The zero-order valence-electron chi connectivity index (χ0n) is 15.5. The number of carbonyl (C=O) groups excluding carboxylic acids is 2. The highest BCUT2D eigenvalue weighted by Crippen LogP contribution is 2.21. The molecule has 0 bridgehead atoms. The fraction of sp³-hybridized carbons (Fsp3) is 0.200. The second kappa shape index (κ2) is 8.27. The number of hydrogen-bond acceptors (Lipinski definition) is 7. The molecule has 0 spiro atoms. The van der Waals surface area contributed by atoms with Crippen LogP contribution in [0.4, 0.5) is 0 Å². The molecule has 0 radical (unpaired) electrons. The molecule has 9 heteroatoms. The number of aromatic nitrogens is 3. The summed E-state index contributed by atoms with van der Waals surface area (Å²) in [5.74, 6) is -0.249. The van der Waals surface area contributed by atoms with Gasteiger partial charge in [-0.1, -0.05) is 23.4 Å². The lowest BCUT2D eigenvalue weighted by molar-refractivity contribution is -0.149. The molecule has 0 aliphatic rings. The van der Waals surface area contributed by atoms with Crippen molar-refractivity contribution >= 4 is 34.1 Å². The van der Waals surface area contributed by atoms with Crippen LogP contribution in [-0.4, -0.2) is 33.0 Å².